The predicted molar refractivity (Wildman–Crippen MR) is 104 cm³/mol. The monoisotopic (exact) mass is 417 g/mol. The Morgan fingerprint density at radius 2 is 1.48 bits per heavy atom. The molecule has 9 heteroatoms. The summed E-state index contributed by atoms with van der Waals surface area (Å²) in [5, 5.41) is 0. The highest BCUT2D eigenvalue weighted by molar-refractivity contribution is 7.89. The lowest BCUT2D eigenvalue weighted by atomic mass is 10.2. The molecule has 2 heterocycles. The van der Waals surface area contributed by atoms with Crippen LogP contribution >= 0.6 is 0 Å². The fourth-order valence-corrected chi connectivity index (χ4v) is 5.23. The first kappa shape index (κ1) is 19.7. The molecule has 2 aromatic carbocycles. The van der Waals surface area contributed by atoms with Gasteiger partial charge in [0.2, 0.25) is 15.9 Å². The summed E-state index contributed by atoms with van der Waals surface area (Å²) in [4.78, 5) is 28.2. The average Bonchev–Trinajstić information content (AvgIpc) is 3.03. The van der Waals surface area contributed by atoms with E-state index in [0.717, 1.165) is 4.90 Å². The number of piperazine rings is 1. The first-order chi connectivity index (χ1) is 13.9. The van der Waals surface area contributed by atoms with Crippen molar-refractivity contribution >= 4 is 27.5 Å². The van der Waals surface area contributed by atoms with E-state index < -0.39 is 33.7 Å². The molecular formula is C20H20FN3O4S. The molecular weight excluding hydrogens is 397 g/mol. The second kappa shape index (κ2) is 7.66. The molecule has 2 saturated heterocycles. The second-order valence-corrected chi connectivity index (χ2v) is 8.93. The zero-order chi connectivity index (χ0) is 20.6. The molecule has 4 rings (SSSR count). The Hall–Kier alpha value is -2.62. The Morgan fingerprint density at radius 3 is 2.14 bits per heavy atom. The number of halogens is 1. The fourth-order valence-electron chi connectivity index (χ4n) is 3.78. The summed E-state index contributed by atoms with van der Waals surface area (Å²) in [6.07, 6.45) is -0.0431. The molecule has 0 bridgehead atoms. The van der Waals surface area contributed by atoms with E-state index in [1.54, 1.807) is 41.3 Å². The minimum Gasteiger partial charge on any atom is -0.289 e. The highest BCUT2D eigenvalue weighted by Gasteiger charge is 2.44. The van der Waals surface area contributed by atoms with Gasteiger partial charge in [-0.2, -0.15) is 4.31 Å². The minimum absolute atomic E-state index is 0.0431. The first-order valence-corrected chi connectivity index (χ1v) is 10.7. The van der Waals surface area contributed by atoms with E-state index in [0.29, 0.717) is 13.1 Å². The van der Waals surface area contributed by atoms with Crippen LogP contribution in [0.15, 0.2) is 59.5 Å². The molecule has 0 spiro atoms. The molecule has 2 aliphatic heterocycles. The van der Waals surface area contributed by atoms with Crippen molar-refractivity contribution in [2.24, 2.45) is 0 Å². The van der Waals surface area contributed by atoms with Gasteiger partial charge in [-0.3, -0.25) is 14.5 Å². The summed E-state index contributed by atoms with van der Waals surface area (Å²) in [6, 6.07) is 13.2. The Bertz CT molecular complexity index is 1040. The van der Waals surface area contributed by atoms with Gasteiger partial charge >= 0.3 is 0 Å². The number of amides is 2. The number of benzene rings is 2. The third-order valence-corrected chi connectivity index (χ3v) is 7.22. The second-order valence-electron chi connectivity index (χ2n) is 6.99. The van der Waals surface area contributed by atoms with Crippen LogP contribution in [0.5, 0.6) is 0 Å². The molecule has 0 unspecified atom stereocenters. The maximum absolute atomic E-state index is 14.1. The van der Waals surface area contributed by atoms with Crippen LogP contribution in [0.25, 0.3) is 0 Å². The molecule has 0 saturated carbocycles. The average molecular weight is 417 g/mol. The van der Waals surface area contributed by atoms with Gasteiger partial charge in [-0.25, -0.2) is 17.7 Å². The maximum atomic E-state index is 14.1. The van der Waals surface area contributed by atoms with Crippen molar-refractivity contribution in [1.82, 2.24) is 9.21 Å². The van der Waals surface area contributed by atoms with Crippen molar-refractivity contribution < 1.29 is 22.4 Å². The number of rotatable bonds is 4. The number of hydrogen-bond donors (Lipinski definition) is 0. The van der Waals surface area contributed by atoms with Gasteiger partial charge in [0.1, 0.15) is 5.82 Å². The number of nitrogens with zero attached hydrogens (tertiary/aromatic N) is 3. The molecule has 2 amide bonds. The van der Waals surface area contributed by atoms with Crippen LogP contribution in [0.3, 0.4) is 0 Å². The Kier molecular flexibility index (Phi) is 5.20. The molecule has 0 aromatic heterocycles. The van der Waals surface area contributed by atoms with Gasteiger partial charge in [0, 0.05) is 26.2 Å². The highest BCUT2D eigenvalue weighted by Crippen LogP contribution is 2.28. The Balaban J connectivity index is 1.46. The summed E-state index contributed by atoms with van der Waals surface area (Å²) >= 11 is 0. The molecule has 7 nitrogen and oxygen atoms in total. The van der Waals surface area contributed by atoms with E-state index in [2.05, 4.69) is 0 Å². The van der Waals surface area contributed by atoms with E-state index in [4.69, 9.17) is 0 Å². The normalized spacial score (nSPS) is 21.7. The molecule has 1 atom stereocenters. The van der Waals surface area contributed by atoms with E-state index in [1.165, 1.54) is 22.5 Å². The maximum Gasteiger partial charge on any atom is 0.251 e. The third-order valence-electron chi connectivity index (χ3n) is 5.31. The van der Waals surface area contributed by atoms with E-state index in [1.807, 2.05) is 0 Å². The molecule has 0 radical (unpaired) electrons. The van der Waals surface area contributed by atoms with Crippen molar-refractivity contribution in [2.45, 2.75) is 17.4 Å². The van der Waals surface area contributed by atoms with E-state index in [-0.39, 0.29) is 30.1 Å². The van der Waals surface area contributed by atoms with Gasteiger partial charge < -0.3 is 0 Å². The summed E-state index contributed by atoms with van der Waals surface area (Å²) < 4.78 is 40.9. The van der Waals surface area contributed by atoms with Crippen molar-refractivity contribution in [3.05, 3.63) is 60.4 Å². The van der Waals surface area contributed by atoms with Gasteiger partial charge in [0.15, 0.2) is 0 Å². The number of hydrogen-bond acceptors (Lipinski definition) is 5. The van der Waals surface area contributed by atoms with Crippen LogP contribution in [0.4, 0.5) is 10.1 Å². The van der Waals surface area contributed by atoms with Gasteiger partial charge in [0.25, 0.3) is 5.91 Å². The third kappa shape index (κ3) is 3.57. The standard InChI is InChI=1S/C20H20FN3O4S/c21-16-8-4-5-9-17(16)24-19(25)14-18(20(24)26)22-10-12-23(13-11-22)29(27,28)15-6-2-1-3-7-15/h1-9,18H,10-14H2/t18-/m1/s1. The van der Waals surface area contributed by atoms with Gasteiger partial charge in [-0.05, 0) is 24.3 Å². The van der Waals surface area contributed by atoms with E-state index >= 15 is 0 Å². The predicted octanol–water partition coefficient (Wildman–Crippen LogP) is 1.46. The summed E-state index contributed by atoms with van der Waals surface area (Å²) in [6.45, 7) is 1.07. The molecule has 152 valence electrons. The van der Waals surface area contributed by atoms with Crippen LogP contribution in [0.2, 0.25) is 0 Å². The van der Waals surface area contributed by atoms with E-state index in [9.17, 15) is 22.4 Å². The summed E-state index contributed by atoms with van der Waals surface area (Å²) in [5.74, 6) is -1.56. The molecule has 29 heavy (non-hydrogen) atoms. The molecule has 2 fully saturated rings. The van der Waals surface area contributed by atoms with Crippen molar-refractivity contribution in [2.75, 3.05) is 31.1 Å². The van der Waals surface area contributed by atoms with Crippen LogP contribution in [-0.2, 0) is 19.6 Å². The fraction of sp³-hybridized carbons (Fsp3) is 0.300. The lowest BCUT2D eigenvalue weighted by molar-refractivity contribution is -0.123. The number of sulfonamides is 1. The smallest absolute Gasteiger partial charge is 0.251 e. The lowest BCUT2D eigenvalue weighted by Crippen LogP contribution is -2.53. The van der Waals surface area contributed by atoms with Crippen molar-refractivity contribution in [3.8, 4) is 0 Å². The summed E-state index contributed by atoms with van der Waals surface area (Å²) in [5.41, 5.74) is -0.0460. The van der Waals surface area contributed by atoms with Crippen LogP contribution < -0.4 is 4.90 Å². The quantitative estimate of drug-likeness (QED) is 0.704. The zero-order valence-electron chi connectivity index (χ0n) is 15.6. The number of carbonyl (C=O) groups is 2. The minimum atomic E-state index is -3.60. The lowest BCUT2D eigenvalue weighted by Gasteiger charge is -2.36. The number of anilines is 1. The highest BCUT2D eigenvalue weighted by atomic mass is 32.2. The van der Waals surface area contributed by atoms with Gasteiger partial charge in [-0.15, -0.1) is 0 Å². The molecule has 0 aliphatic carbocycles. The topological polar surface area (TPSA) is 78.0 Å². The van der Waals surface area contributed by atoms with Crippen LogP contribution in [0, 0.1) is 5.82 Å². The van der Waals surface area contributed by atoms with Crippen molar-refractivity contribution in [3.63, 3.8) is 0 Å². The molecule has 2 aliphatic rings. The van der Waals surface area contributed by atoms with Crippen molar-refractivity contribution in [1.29, 1.82) is 0 Å². The Morgan fingerprint density at radius 1 is 0.862 bits per heavy atom. The van der Waals surface area contributed by atoms with Crippen LogP contribution in [0.1, 0.15) is 6.42 Å². The Labute approximate surface area is 168 Å². The van der Waals surface area contributed by atoms with Gasteiger partial charge in [-0.1, -0.05) is 30.3 Å². The number of imide groups is 1. The SMILES string of the molecule is O=C1C[C@@H](N2CCN(S(=O)(=O)c3ccccc3)CC2)C(=O)N1c1ccccc1F. The van der Waals surface area contributed by atoms with Gasteiger partial charge in [0.05, 0.1) is 23.0 Å². The zero-order valence-corrected chi connectivity index (χ0v) is 16.4. The number of para-hydroxylation sites is 1. The first-order valence-electron chi connectivity index (χ1n) is 9.30. The summed E-state index contributed by atoms with van der Waals surface area (Å²) in [7, 11) is -3.60. The van der Waals surface area contributed by atoms with Crippen LogP contribution in [-0.4, -0.2) is 61.7 Å². The molecule has 2 aromatic rings. The molecule has 0 N–H and O–H groups in total. The number of carbonyl (C=O) groups excluding carboxylic acids is 2. The largest absolute Gasteiger partial charge is 0.289 e.